The van der Waals surface area contributed by atoms with E-state index in [1.165, 1.54) is 0 Å². The van der Waals surface area contributed by atoms with Crippen LogP contribution in [0.3, 0.4) is 0 Å². The largest absolute Gasteiger partial charge is 0.327 e. The highest BCUT2D eigenvalue weighted by Crippen LogP contribution is 2.27. The van der Waals surface area contributed by atoms with Gasteiger partial charge in [0.1, 0.15) is 6.04 Å². The highest BCUT2D eigenvalue weighted by molar-refractivity contribution is 6.09. The SMILES string of the molecule is O=C1Nc2ccccc2C(=O)N2CCCC[C@H]12. The molecule has 0 unspecified atom stereocenters. The summed E-state index contributed by atoms with van der Waals surface area (Å²) in [7, 11) is 0. The lowest BCUT2D eigenvalue weighted by molar-refractivity contribution is -0.121. The molecule has 2 amide bonds. The summed E-state index contributed by atoms with van der Waals surface area (Å²) in [6.07, 6.45) is 2.77. The smallest absolute Gasteiger partial charge is 0.256 e. The molecule has 0 aromatic heterocycles. The standard InChI is InChI=1S/C13H14N2O2/c16-12-11-7-3-4-8-15(11)13(17)9-5-1-2-6-10(9)14-12/h1-2,5-6,11H,3-4,7-8H2,(H,14,16)/t11-/m1/s1. The van der Waals surface area contributed by atoms with Gasteiger partial charge < -0.3 is 10.2 Å². The molecule has 2 aliphatic rings. The molecule has 0 radical (unpaired) electrons. The van der Waals surface area contributed by atoms with Crippen LogP contribution in [0, 0.1) is 0 Å². The minimum atomic E-state index is -0.288. The molecule has 1 saturated heterocycles. The predicted octanol–water partition coefficient (Wildman–Crippen LogP) is 1.63. The lowest BCUT2D eigenvalue weighted by Crippen LogP contribution is -2.47. The van der Waals surface area contributed by atoms with Gasteiger partial charge in [-0.05, 0) is 31.4 Å². The van der Waals surface area contributed by atoms with E-state index in [0.717, 1.165) is 19.3 Å². The lowest BCUT2D eigenvalue weighted by Gasteiger charge is -2.32. The van der Waals surface area contributed by atoms with Crippen LogP contribution in [0.25, 0.3) is 0 Å². The number of hydrogen-bond acceptors (Lipinski definition) is 2. The molecule has 3 rings (SSSR count). The Morgan fingerprint density at radius 1 is 1.18 bits per heavy atom. The van der Waals surface area contributed by atoms with Crippen molar-refractivity contribution in [3.05, 3.63) is 29.8 Å². The maximum Gasteiger partial charge on any atom is 0.256 e. The number of hydrogen-bond donors (Lipinski definition) is 1. The first-order valence-electron chi connectivity index (χ1n) is 5.98. The summed E-state index contributed by atoms with van der Waals surface area (Å²) in [6, 6.07) is 6.92. The monoisotopic (exact) mass is 230 g/mol. The molecule has 1 aromatic carbocycles. The van der Waals surface area contributed by atoms with Gasteiger partial charge in [-0.2, -0.15) is 0 Å². The fraction of sp³-hybridized carbons (Fsp3) is 0.385. The number of piperidine rings is 1. The number of rotatable bonds is 0. The predicted molar refractivity (Wildman–Crippen MR) is 63.7 cm³/mol. The molecule has 1 aromatic rings. The summed E-state index contributed by atoms with van der Waals surface area (Å²) in [6.45, 7) is 0.686. The second-order valence-corrected chi connectivity index (χ2v) is 4.54. The Labute approximate surface area is 99.6 Å². The van der Waals surface area contributed by atoms with Gasteiger partial charge in [-0.15, -0.1) is 0 Å². The number of nitrogens with zero attached hydrogens (tertiary/aromatic N) is 1. The van der Waals surface area contributed by atoms with Crippen LogP contribution < -0.4 is 5.32 Å². The molecule has 0 spiro atoms. The molecule has 0 bridgehead atoms. The van der Waals surface area contributed by atoms with Crippen LogP contribution in [0.1, 0.15) is 29.6 Å². The van der Waals surface area contributed by atoms with Crippen molar-refractivity contribution in [2.45, 2.75) is 25.3 Å². The van der Waals surface area contributed by atoms with Crippen LogP contribution in [-0.4, -0.2) is 29.3 Å². The Hall–Kier alpha value is -1.84. The molecule has 4 heteroatoms. The summed E-state index contributed by atoms with van der Waals surface area (Å²) >= 11 is 0. The molecule has 1 fully saturated rings. The van der Waals surface area contributed by atoms with Crippen LogP contribution in [-0.2, 0) is 4.79 Å². The van der Waals surface area contributed by atoms with E-state index in [0.29, 0.717) is 17.8 Å². The van der Waals surface area contributed by atoms with E-state index in [1.54, 1.807) is 17.0 Å². The normalized spacial score (nSPS) is 23.5. The highest BCUT2D eigenvalue weighted by Gasteiger charge is 2.36. The number of carbonyl (C=O) groups excluding carboxylic acids is 2. The Bertz CT molecular complexity index is 484. The maximum atomic E-state index is 12.4. The van der Waals surface area contributed by atoms with Gasteiger partial charge in [-0.1, -0.05) is 12.1 Å². The summed E-state index contributed by atoms with van der Waals surface area (Å²) in [4.78, 5) is 26.1. The third-order valence-corrected chi connectivity index (χ3v) is 3.48. The van der Waals surface area contributed by atoms with E-state index in [2.05, 4.69) is 5.32 Å². The number of fused-ring (bicyclic) bond motifs is 2. The van der Waals surface area contributed by atoms with Crippen molar-refractivity contribution in [3.63, 3.8) is 0 Å². The first-order valence-corrected chi connectivity index (χ1v) is 5.98. The molecular weight excluding hydrogens is 216 g/mol. The molecule has 17 heavy (non-hydrogen) atoms. The fourth-order valence-corrected chi connectivity index (χ4v) is 2.60. The molecule has 0 aliphatic carbocycles. The summed E-state index contributed by atoms with van der Waals surface area (Å²) < 4.78 is 0. The Kier molecular flexibility index (Phi) is 2.35. The minimum absolute atomic E-state index is 0.0244. The topological polar surface area (TPSA) is 49.4 Å². The average molecular weight is 230 g/mol. The second kappa shape index (κ2) is 3.87. The van der Waals surface area contributed by atoms with Crippen molar-refractivity contribution in [1.82, 2.24) is 4.90 Å². The second-order valence-electron chi connectivity index (χ2n) is 4.54. The Balaban J connectivity index is 2.07. The van der Waals surface area contributed by atoms with Gasteiger partial charge in [-0.3, -0.25) is 9.59 Å². The average Bonchev–Trinajstić information content (AvgIpc) is 2.48. The number of nitrogens with one attached hydrogen (secondary N) is 1. The minimum Gasteiger partial charge on any atom is -0.327 e. The molecule has 1 N–H and O–H groups in total. The van der Waals surface area contributed by atoms with Crippen molar-refractivity contribution < 1.29 is 9.59 Å². The van der Waals surface area contributed by atoms with E-state index in [1.807, 2.05) is 12.1 Å². The molecule has 2 aliphatic heterocycles. The van der Waals surface area contributed by atoms with Crippen molar-refractivity contribution in [1.29, 1.82) is 0 Å². The summed E-state index contributed by atoms with van der Waals surface area (Å²) in [5.41, 5.74) is 1.24. The van der Waals surface area contributed by atoms with E-state index < -0.39 is 0 Å². The van der Waals surface area contributed by atoms with Gasteiger partial charge in [-0.25, -0.2) is 0 Å². The van der Waals surface area contributed by atoms with Crippen molar-refractivity contribution in [3.8, 4) is 0 Å². The van der Waals surface area contributed by atoms with E-state index in [4.69, 9.17) is 0 Å². The highest BCUT2D eigenvalue weighted by atomic mass is 16.2. The molecular formula is C13H14N2O2. The van der Waals surface area contributed by atoms with Gasteiger partial charge in [0.15, 0.2) is 0 Å². The fourth-order valence-electron chi connectivity index (χ4n) is 2.60. The van der Waals surface area contributed by atoms with Crippen LogP contribution in [0.5, 0.6) is 0 Å². The van der Waals surface area contributed by atoms with Crippen molar-refractivity contribution in [2.75, 3.05) is 11.9 Å². The Morgan fingerprint density at radius 3 is 2.88 bits per heavy atom. The Morgan fingerprint density at radius 2 is 2.00 bits per heavy atom. The van der Waals surface area contributed by atoms with Crippen LogP contribution >= 0.6 is 0 Å². The van der Waals surface area contributed by atoms with Gasteiger partial charge in [0.05, 0.1) is 11.3 Å². The zero-order valence-electron chi connectivity index (χ0n) is 9.48. The molecule has 4 nitrogen and oxygen atoms in total. The van der Waals surface area contributed by atoms with Crippen LogP contribution in [0.4, 0.5) is 5.69 Å². The number of para-hydroxylation sites is 1. The third-order valence-electron chi connectivity index (χ3n) is 3.48. The third kappa shape index (κ3) is 1.60. The van der Waals surface area contributed by atoms with Gasteiger partial charge in [0, 0.05) is 6.54 Å². The van der Waals surface area contributed by atoms with E-state index >= 15 is 0 Å². The van der Waals surface area contributed by atoms with Gasteiger partial charge >= 0.3 is 0 Å². The quantitative estimate of drug-likeness (QED) is 0.736. The number of carbonyl (C=O) groups is 2. The number of anilines is 1. The lowest BCUT2D eigenvalue weighted by atomic mass is 10.0. The molecule has 1 atom stereocenters. The maximum absolute atomic E-state index is 12.4. The molecule has 0 saturated carbocycles. The van der Waals surface area contributed by atoms with Crippen LogP contribution in [0.2, 0.25) is 0 Å². The van der Waals surface area contributed by atoms with E-state index in [-0.39, 0.29) is 17.9 Å². The zero-order chi connectivity index (χ0) is 11.8. The first kappa shape index (κ1) is 10.3. The number of amides is 2. The first-order chi connectivity index (χ1) is 8.27. The van der Waals surface area contributed by atoms with Crippen molar-refractivity contribution >= 4 is 17.5 Å². The van der Waals surface area contributed by atoms with E-state index in [9.17, 15) is 9.59 Å². The number of benzene rings is 1. The summed E-state index contributed by atoms with van der Waals surface area (Å²) in [5, 5.41) is 2.85. The van der Waals surface area contributed by atoms with Gasteiger partial charge in [0.2, 0.25) is 5.91 Å². The molecule has 2 heterocycles. The van der Waals surface area contributed by atoms with Crippen LogP contribution in [0.15, 0.2) is 24.3 Å². The zero-order valence-corrected chi connectivity index (χ0v) is 9.48. The molecule has 88 valence electrons. The summed E-state index contributed by atoms with van der Waals surface area (Å²) in [5.74, 6) is -0.0772. The van der Waals surface area contributed by atoms with Crippen molar-refractivity contribution in [2.24, 2.45) is 0 Å². The van der Waals surface area contributed by atoms with Gasteiger partial charge in [0.25, 0.3) is 5.91 Å².